The Labute approximate surface area is 142 Å². The maximum absolute atomic E-state index is 12.4. The van der Waals surface area contributed by atoms with Gasteiger partial charge < -0.3 is 9.15 Å². The van der Waals surface area contributed by atoms with Gasteiger partial charge in [0.2, 0.25) is 12.3 Å². The van der Waals surface area contributed by atoms with Gasteiger partial charge >= 0.3 is 5.97 Å². The average Bonchev–Trinajstić information content (AvgIpc) is 3.09. The molecule has 0 unspecified atom stereocenters. The van der Waals surface area contributed by atoms with E-state index >= 15 is 0 Å². The molecule has 0 saturated heterocycles. The molecule has 0 amide bonds. The van der Waals surface area contributed by atoms with Gasteiger partial charge in [-0.2, -0.15) is 0 Å². The molecule has 0 N–H and O–H groups in total. The van der Waals surface area contributed by atoms with Gasteiger partial charge in [0, 0.05) is 5.56 Å². The van der Waals surface area contributed by atoms with Gasteiger partial charge in [0.15, 0.2) is 0 Å². The molecule has 1 aliphatic carbocycles. The van der Waals surface area contributed by atoms with Crippen LogP contribution in [0.1, 0.15) is 46.5 Å². The van der Waals surface area contributed by atoms with Crippen molar-refractivity contribution in [3.05, 3.63) is 30.7 Å². The first-order valence-electron chi connectivity index (χ1n) is 8.52. The summed E-state index contributed by atoms with van der Waals surface area (Å²) in [7, 11) is 0. The normalized spacial score (nSPS) is 21.5. The number of hydrogen-bond acceptors (Lipinski definition) is 5. The van der Waals surface area contributed by atoms with Gasteiger partial charge in [0.05, 0.1) is 5.92 Å². The summed E-state index contributed by atoms with van der Waals surface area (Å²) in [4.78, 5) is 12.4. The minimum atomic E-state index is -0.118. The fraction of sp³-hybridized carbons (Fsp3) is 0.526. The van der Waals surface area contributed by atoms with E-state index in [0.29, 0.717) is 23.0 Å². The molecule has 1 saturated carbocycles. The van der Waals surface area contributed by atoms with Crippen molar-refractivity contribution >= 4 is 5.97 Å². The fourth-order valence-corrected chi connectivity index (χ4v) is 3.36. The van der Waals surface area contributed by atoms with Gasteiger partial charge in [-0.15, -0.1) is 10.2 Å². The van der Waals surface area contributed by atoms with E-state index in [-0.39, 0.29) is 11.9 Å². The molecule has 1 aromatic heterocycles. The number of esters is 1. The van der Waals surface area contributed by atoms with Crippen molar-refractivity contribution in [1.29, 1.82) is 0 Å². The number of nitrogens with zero attached hydrogens (tertiary/aromatic N) is 2. The summed E-state index contributed by atoms with van der Waals surface area (Å²) in [6, 6.07) is 7.15. The molecule has 1 heterocycles. The van der Waals surface area contributed by atoms with E-state index in [2.05, 4.69) is 31.0 Å². The van der Waals surface area contributed by atoms with Crippen LogP contribution in [0.3, 0.4) is 0 Å². The van der Waals surface area contributed by atoms with E-state index in [4.69, 9.17) is 9.15 Å². The molecular formula is C19H24N2O3. The monoisotopic (exact) mass is 328 g/mol. The number of ether oxygens (including phenoxy) is 1. The third-order valence-electron chi connectivity index (χ3n) is 4.97. The van der Waals surface area contributed by atoms with Gasteiger partial charge in [-0.3, -0.25) is 4.79 Å². The Balaban J connectivity index is 1.56. The summed E-state index contributed by atoms with van der Waals surface area (Å²) in [5, 5.41) is 7.50. The molecule has 1 aromatic carbocycles. The molecule has 0 bridgehead atoms. The van der Waals surface area contributed by atoms with Gasteiger partial charge in [-0.25, -0.2) is 0 Å². The van der Waals surface area contributed by atoms with E-state index < -0.39 is 0 Å². The first-order chi connectivity index (χ1) is 11.4. The van der Waals surface area contributed by atoms with E-state index in [0.717, 1.165) is 31.2 Å². The predicted molar refractivity (Wildman–Crippen MR) is 90.3 cm³/mol. The second-order valence-corrected chi connectivity index (χ2v) is 7.60. The maximum atomic E-state index is 12.4. The molecule has 0 spiro atoms. The van der Waals surface area contributed by atoms with E-state index in [1.165, 1.54) is 6.39 Å². The summed E-state index contributed by atoms with van der Waals surface area (Å²) >= 11 is 0. The van der Waals surface area contributed by atoms with Crippen LogP contribution in [0.25, 0.3) is 11.5 Å². The van der Waals surface area contributed by atoms with E-state index in [1.807, 2.05) is 12.1 Å². The summed E-state index contributed by atoms with van der Waals surface area (Å²) < 4.78 is 10.7. The largest absolute Gasteiger partial charge is 0.426 e. The highest BCUT2D eigenvalue weighted by atomic mass is 16.5. The Morgan fingerprint density at radius 1 is 1.12 bits per heavy atom. The minimum absolute atomic E-state index is 0.0132. The molecule has 5 nitrogen and oxygen atoms in total. The van der Waals surface area contributed by atoms with Gasteiger partial charge in [-0.1, -0.05) is 20.8 Å². The number of carbonyl (C=O) groups is 1. The van der Waals surface area contributed by atoms with Crippen molar-refractivity contribution in [2.75, 3.05) is 0 Å². The van der Waals surface area contributed by atoms with E-state index in [1.54, 1.807) is 12.1 Å². The average molecular weight is 328 g/mol. The van der Waals surface area contributed by atoms with Crippen LogP contribution in [-0.4, -0.2) is 16.2 Å². The lowest BCUT2D eigenvalue weighted by atomic mass is 9.70. The lowest BCUT2D eigenvalue weighted by Gasteiger charge is -2.36. The number of hydrogen-bond donors (Lipinski definition) is 0. The first-order valence-corrected chi connectivity index (χ1v) is 8.52. The van der Waals surface area contributed by atoms with Gasteiger partial charge in [-0.05, 0) is 61.3 Å². The van der Waals surface area contributed by atoms with Crippen LogP contribution in [0.15, 0.2) is 35.1 Å². The van der Waals surface area contributed by atoms with Crippen LogP contribution >= 0.6 is 0 Å². The molecule has 24 heavy (non-hydrogen) atoms. The van der Waals surface area contributed by atoms with Crippen molar-refractivity contribution < 1.29 is 13.9 Å². The Bertz CT molecular complexity index is 664. The number of aromatic nitrogens is 2. The molecule has 5 heteroatoms. The van der Waals surface area contributed by atoms with Crippen molar-refractivity contribution in [2.45, 2.75) is 46.5 Å². The lowest BCUT2D eigenvalue weighted by molar-refractivity contribution is -0.140. The highest BCUT2D eigenvalue weighted by Gasteiger charge is 2.33. The molecular weight excluding hydrogens is 304 g/mol. The van der Waals surface area contributed by atoms with Gasteiger partial charge in [0.1, 0.15) is 5.75 Å². The Morgan fingerprint density at radius 3 is 2.33 bits per heavy atom. The highest BCUT2D eigenvalue weighted by molar-refractivity contribution is 5.75. The van der Waals surface area contributed by atoms with Crippen LogP contribution in [0.5, 0.6) is 5.75 Å². The fourth-order valence-electron chi connectivity index (χ4n) is 3.36. The number of carbonyl (C=O) groups excluding carboxylic acids is 1. The molecule has 2 aromatic rings. The maximum Gasteiger partial charge on any atom is 0.314 e. The smallest absolute Gasteiger partial charge is 0.314 e. The van der Waals surface area contributed by atoms with Crippen molar-refractivity contribution in [1.82, 2.24) is 10.2 Å². The third kappa shape index (κ3) is 3.83. The van der Waals surface area contributed by atoms with Crippen molar-refractivity contribution in [3.63, 3.8) is 0 Å². The summed E-state index contributed by atoms with van der Waals surface area (Å²) in [5.74, 6) is 1.59. The zero-order chi connectivity index (χ0) is 17.2. The van der Waals surface area contributed by atoms with Gasteiger partial charge in [0.25, 0.3) is 0 Å². The van der Waals surface area contributed by atoms with Crippen molar-refractivity contribution in [3.8, 4) is 17.2 Å². The van der Waals surface area contributed by atoms with Crippen LogP contribution in [0, 0.1) is 17.3 Å². The summed E-state index contributed by atoms with van der Waals surface area (Å²) in [5.41, 5.74) is 1.12. The highest BCUT2D eigenvalue weighted by Crippen LogP contribution is 2.40. The minimum Gasteiger partial charge on any atom is -0.426 e. The molecule has 1 fully saturated rings. The topological polar surface area (TPSA) is 65.2 Å². The van der Waals surface area contributed by atoms with Crippen molar-refractivity contribution in [2.24, 2.45) is 17.3 Å². The second-order valence-electron chi connectivity index (χ2n) is 7.60. The molecule has 0 radical (unpaired) electrons. The first kappa shape index (κ1) is 16.7. The summed E-state index contributed by atoms with van der Waals surface area (Å²) in [6.07, 6.45) is 5.32. The van der Waals surface area contributed by atoms with Crippen LogP contribution in [0.2, 0.25) is 0 Å². The molecule has 3 rings (SSSR count). The molecule has 0 atom stereocenters. The lowest BCUT2D eigenvalue weighted by Crippen LogP contribution is -2.30. The molecule has 1 aliphatic rings. The standard InChI is InChI=1S/C19H24N2O3/c1-19(2,3)15-8-4-14(5-9-15)18(22)24-16-10-6-13(7-11-16)17-21-20-12-23-17/h6-7,10-12,14-15H,4-5,8-9H2,1-3H3. The Kier molecular flexibility index (Phi) is 4.69. The molecule has 128 valence electrons. The second kappa shape index (κ2) is 6.75. The van der Waals surface area contributed by atoms with E-state index in [9.17, 15) is 4.79 Å². The quantitative estimate of drug-likeness (QED) is 0.613. The molecule has 0 aliphatic heterocycles. The van der Waals surface area contributed by atoms with Crippen LogP contribution < -0.4 is 4.74 Å². The summed E-state index contributed by atoms with van der Waals surface area (Å²) in [6.45, 7) is 6.84. The number of benzene rings is 1. The zero-order valence-electron chi connectivity index (χ0n) is 14.5. The zero-order valence-corrected chi connectivity index (χ0v) is 14.5. The Morgan fingerprint density at radius 2 is 1.79 bits per heavy atom. The van der Waals surface area contributed by atoms with Crippen LogP contribution in [-0.2, 0) is 4.79 Å². The van der Waals surface area contributed by atoms with Crippen LogP contribution in [0.4, 0.5) is 0 Å². The Hall–Kier alpha value is -2.17. The SMILES string of the molecule is CC(C)(C)C1CCC(C(=O)Oc2ccc(-c3nnco3)cc2)CC1. The third-order valence-corrected chi connectivity index (χ3v) is 4.97. The number of rotatable bonds is 3. The predicted octanol–water partition coefficient (Wildman–Crippen LogP) is 4.49.